The predicted octanol–water partition coefficient (Wildman–Crippen LogP) is 4.08. The molecule has 0 fully saturated rings. The van der Waals surface area contributed by atoms with E-state index in [2.05, 4.69) is 10.3 Å². The third kappa shape index (κ3) is 5.33. The van der Waals surface area contributed by atoms with Crippen LogP contribution in [0.2, 0.25) is 0 Å². The van der Waals surface area contributed by atoms with E-state index in [1.54, 1.807) is 24.3 Å². The van der Waals surface area contributed by atoms with Gasteiger partial charge in [0.1, 0.15) is 0 Å². The lowest BCUT2D eigenvalue weighted by molar-refractivity contribution is -0.150. The van der Waals surface area contributed by atoms with Crippen LogP contribution in [0.4, 0.5) is 5.69 Å². The van der Waals surface area contributed by atoms with E-state index in [4.69, 9.17) is 10.00 Å². The number of hydrogen-bond acceptors (Lipinski definition) is 6. The maximum atomic E-state index is 12.2. The summed E-state index contributed by atoms with van der Waals surface area (Å²) in [6.45, 7) is 3.52. The molecular formula is C22H19N3O3S. The van der Waals surface area contributed by atoms with Gasteiger partial charge in [-0.15, -0.1) is 0 Å². The Balaban J connectivity index is 1.53. The van der Waals surface area contributed by atoms with Crippen LogP contribution in [0.1, 0.15) is 18.1 Å². The molecule has 0 radical (unpaired) electrons. The first-order valence-electron chi connectivity index (χ1n) is 8.96. The number of carbonyl (C=O) groups is 2. The number of fused-ring (bicyclic) bond motifs is 1. The Morgan fingerprint density at radius 3 is 2.66 bits per heavy atom. The van der Waals surface area contributed by atoms with Gasteiger partial charge in [-0.25, -0.2) is 4.98 Å². The molecule has 3 rings (SSSR count). The largest absolute Gasteiger partial charge is 0.452 e. The first kappa shape index (κ1) is 20.4. The van der Waals surface area contributed by atoms with Crippen LogP contribution in [-0.4, -0.2) is 28.7 Å². The number of anilines is 1. The molecule has 0 aliphatic rings. The number of aromatic nitrogens is 1. The Hall–Kier alpha value is -3.37. The molecule has 29 heavy (non-hydrogen) atoms. The second kappa shape index (κ2) is 9.22. The Morgan fingerprint density at radius 2 is 1.93 bits per heavy atom. The fourth-order valence-electron chi connectivity index (χ4n) is 2.68. The van der Waals surface area contributed by atoms with Crippen LogP contribution in [0, 0.1) is 18.3 Å². The zero-order chi connectivity index (χ0) is 20.8. The number of aryl methyl sites for hydroxylation is 1. The number of ether oxygens (including phenoxy) is 1. The van der Waals surface area contributed by atoms with Gasteiger partial charge in [0.25, 0.3) is 5.91 Å². The first-order chi connectivity index (χ1) is 14.0. The van der Waals surface area contributed by atoms with Crippen molar-refractivity contribution in [1.29, 1.82) is 5.26 Å². The van der Waals surface area contributed by atoms with Gasteiger partial charge in [0, 0.05) is 11.1 Å². The van der Waals surface area contributed by atoms with Gasteiger partial charge < -0.3 is 10.1 Å². The van der Waals surface area contributed by atoms with Crippen molar-refractivity contribution >= 4 is 40.2 Å². The lowest BCUT2D eigenvalue weighted by Crippen LogP contribution is -2.30. The van der Waals surface area contributed by atoms with Crippen LogP contribution in [0.25, 0.3) is 10.9 Å². The molecule has 0 aliphatic carbocycles. The number of esters is 1. The molecule has 0 unspecified atom stereocenters. The number of pyridine rings is 1. The highest BCUT2D eigenvalue weighted by molar-refractivity contribution is 7.99. The second-order valence-corrected chi connectivity index (χ2v) is 7.39. The van der Waals surface area contributed by atoms with Crippen molar-refractivity contribution in [3.63, 3.8) is 0 Å². The Morgan fingerprint density at radius 1 is 1.21 bits per heavy atom. The second-order valence-electron chi connectivity index (χ2n) is 6.39. The van der Waals surface area contributed by atoms with Crippen molar-refractivity contribution < 1.29 is 14.3 Å². The first-order valence-corrected chi connectivity index (χ1v) is 9.94. The van der Waals surface area contributed by atoms with Gasteiger partial charge in [0.2, 0.25) is 0 Å². The fourth-order valence-corrected chi connectivity index (χ4v) is 3.44. The lowest BCUT2D eigenvalue weighted by Gasteiger charge is -2.13. The summed E-state index contributed by atoms with van der Waals surface area (Å²) >= 11 is 1.27. The maximum absolute atomic E-state index is 12.2. The number of benzene rings is 2. The van der Waals surface area contributed by atoms with E-state index in [0.29, 0.717) is 11.3 Å². The van der Waals surface area contributed by atoms with Crippen molar-refractivity contribution in [2.75, 3.05) is 11.1 Å². The molecule has 146 valence electrons. The van der Waals surface area contributed by atoms with Gasteiger partial charge in [-0.2, -0.15) is 5.26 Å². The maximum Gasteiger partial charge on any atom is 0.317 e. The molecule has 1 aromatic heterocycles. The van der Waals surface area contributed by atoms with Crippen LogP contribution in [0.3, 0.4) is 0 Å². The Labute approximate surface area is 172 Å². The van der Waals surface area contributed by atoms with Gasteiger partial charge >= 0.3 is 5.97 Å². The average Bonchev–Trinajstić information content (AvgIpc) is 2.73. The number of carbonyl (C=O) groups excluding carboxylic acids is 2. The molecule has 0 saturated carbocycles. The molecule has 1 atom stereocenters. The number of nitrogens with zero attached hydrogens (tertiary/aromatic N) is 2. The highest BCUT2D eigenvalue weighted by Gasteiger charge is 2.18. The minimum atomic E-state index is -0.940. The molecule has 0 aliphatic heterocycles. The molecule has 0 bridgehead atoms. The quantitative estimate of drug-likeness (QED) is 0.491. The standard InChI is InChI=1S/C22H19N3O3S/c1-14-11-20(25-19-6-4-3-5-18(14)19)29-13-21(26)28-15(2)22(27)24-17-9-7-16(12-23)8-10-17/h3-11,15H,13H2,1-2H3,(H,24,27)/t15-/m1/s1. The van der Waals surface area contributed by atoms with Crippen LogP contribution in [-0.2, 0) is 14.3 Å². The minimum Gasteiger partial charge on any atom is -0.452 e. The lowest BCUT2D eigenvalue weighted by atomic mass is 10.1. The van der Waals surface area contributed by atoms with Crippen LogP contribution in [0.15, 0.2) is 59.6 Å². The van der Waals surface area contributed by atoms with Crippen molar-refractivity contribution in [1.82, 2.24) is 4.98 Å². The third-order valence-electron chi connectivity index (χ3n) is 4.20. The number of amides is 1. The van der Waals surface area contributed by atoms with E-state index >= 15 is 0 Å². The van der Waals surface area contributed by atoms with Crippen LogP contribution >= 0.6 is 11.8 Å². The number of nitriles is 1. The molecule has 6 nitrogen and oxygen atoms in total. The number of para-hydroxylation sites is 1. The molecule has 3 aromatic rings. The van der Waals surface area contributed by atoms with Gasteiger partial charge in [0.05, 0.1) is 27.9 Å². The van der Waals surface area contributed by atoms with Crippen molar-refractivity contribution in [2.24, 2.45) is 0 Å². The van der Waals surface area contributed by atoms with Gasteiger partial charge in [-0.3, -0.25) is 9.59 Å². The average molecular weight is 405 g/mol. The topological polar surface area (TPSA) is 92.1 Å². The zero-order valence-corrected chi connectivity index (χ0v) is 16.8. The van der Waals surface area contributed by atoms with Gasteiger partial charge in [-0.1, -0.05) is 30.0 Å². The Bertz CT molecular complexity index is 1090. The summed E-state index contributed by atoms with van der Waals surface area (Å²) < 4.78 is 5.22. The normalized spacial score (nSPS) is 11.5. The van der Waals surface area contributed by atoms with Crippen molar-refractivity contribution in [2.45, 2.75) is 25.0 Å². The molecule has 1 amide bonds. The Kier molecular flexibility index (Phi) is 6.47. The van der Waals surface area contributed by atoms with Crippen molar-refractivity contribution in [3.05, 3.63) is 65.7 Å². The summed E-state index contributed by atoms with van der Waals surface area (Å²) in [5, 5.41) is 13.3. The number of hydrogen-bond donors (Lipinski definition) is 1. The van der Waals surface area contributed by atoms with E-state index < -0.39 is 18.0 Å². The summed E-state index contributed by atoms with van der Waals surface area (Å²) in [6.07, 6.45) is -0.940. The summed E-state index contributed by atoms with van der Waals surface area (Å²) in [7, 11) is 0. The molecule has 0 spiro atoms. The molecule has 1 heterocycles. The molecule has 0 saturated heterocycles. The van der Waals surface area contributed by atoms with E-state index in [-0.39, 0.29) is 5.75 Å². The number of nitrogens with one attached hydrogen (secondary N) is 1. The van der Waals surface area contributed by atoms with E-state index in [0.717, 1.165) is 21.5 Å². The van der Waals surface area contributed by atoms with E-state index in [9.17, 15) is 9.59 Å². The summed E-state index contributed by atoms with van der Waals surface area (Å²) in [5.41, 5.74) is 2.99. The van der Waals surface area contributed by atoms with Crippen molar-refractivity contribution in [3.8, 4) is 6.07 Å². The zero-order valence-electron chi connectivity index (χ0n) is 16.0. The predicted molar refractivity (Wildman–Crippen MR) is 113 cm³/mol. The monoisotopic (exact) mass is 405 g/mol. The molecule has 2 aromatic carbocycles. The highest BCUT2D eigenvalue weighted by atomic mass is 32.2. The smallest absolute Gasteiger partial charge is 0.317 e. The van der Waals surface area contributed by atoms with Gasteiger partial charge in [-0.05, 0) is 55.8 Å². The summed E-state index contributed by atoms with van der Waals surface area (Å²) in [6, 6.07) is 18.2. The minimum absolute atomic E-state index is 0.0548. The van der Waals surface area contributed by atoms with Gasteiger partial charge in [0.15, 0.2) is 6.10 Å². The molecule has 7 heteroatoms. The number of thioether (sulfide) groups is 1. The molecular weight excluding hydrogens is 386 g/mol. The number of rotatable bonds is 6. The third-order valence-corrected chi connectivity index (χ3v) is 5.08. The van der Waals surface area contributed by atoms with Crippen LogP contribution in [0.5, 0.6) is 0 Å². The summed E-state index contributed by atoms with van der Waals surface area (Å²) in [5.74, 6) is -0.878. The van der Waals surface area contributed by atoms with E-state index in [1.807, 2.05) is 43.3 Å². The highest BCUT2D eigenvalue weighted by Crippen LogP contribution is 2.23. The summed E-state index contributed by atoms with van der Waals surface area (Å²) in [4.78, 5) is 28.9. The molecule has 1 N–H and O–H groups in total. The fraction of sp³-hybridized carbons (Fsp3) is 0.182. The SMILES string of the molecule is Cc1cc(SCC(=O)O[C@H](C)C(=O)Nc2ccc(C#N)cc2)nc2ccccc12. The van der Waals surface area contributed by atoms with E-state index in [1.165, 1.54) is 18.7 Å². The van der Waals surface area contributed by atoms with Crippen LogP contribution < -0.4 is 5.32 Å².